The lowest BCUT2D eigenvalue weighted by Gasteiger charge is -2.12. The number of carbonyl (C=O) groups is 1. The highest BCUT2D eigenvalue weighted by molar-refractivity contribution is 6.10. The van der Waals surface area contributed by atoms with E-state index < -0.39 is 5.91 Å². The van der Waals surface area contributed by atoms with Gasteiger partial charge in [0.05, 0.1) is 18.7 Å². The molecule has 4 aromatic rings. The van der Waals surface area contributed by atoms with Crippen LogP contribution in [0.3, 0.4) is 0 Å². The molecule has 0 bridgehead atoms. The van der Waals surface area contributed by atoms with Crippen LogP contribution in [0.1, 0.15) is 22.8 Å². The SMILES string of the molecule is CCOc1ccc(C(=O)Nc2cccc3c(=O)n(Cc4cccnc4)ccc23)c(O)c1. The number of phenolic OH excluding ortho intramolecular Hbond substituents is 1. The lowest BCUT2D eigenvalue weighted by atomic mass is 10.1. The van der Waals surface area contributed by atoms with Crippen LogP contribution in [0.4, 0.5) is 5.69 Å². The second-order valence-electron chi connectivity index (χ2n) is 6.94. The van der Waals surface area contributed by atoms with Crippen molar-refractivity contribution in [1.29, 1.82) is 0 Å². The maximum Gasteiger partial charge on any atom is 0.259 e. The molecule has 0 spiro atoms. The van der Waals surface area contributed by atoms with Crippen LogP contribution in [0, 0.1) is 0 Å². The Bertz CT molecular complexity index is 1300. The van der Waals surface area contributed by atoms with Crippen LogP contribution in [0.5, 0.6) is 11.5 Å². The molecule has 0 fully saturated rings. The number of nitrogens with one attached hydrogen (secondary N) is 1. The first kappa shape index (κ1) is 20.2. The highest BCUT2D eigenvalue weighted by atomic mass is 16.5. The summed E-state index contributed by atoms with van der Waals surface area (Å²) >= 11 is 0. The minimum atomic E-state index is -0.479. The molecule has 4 rings (SSSR count). The molecule has 2 aromatic heterocycles. The maximum atomic E-state index is 13.0. The number of hydrogen-bond donors (Lipinski definition) is 2. The summed E-state index contributed by atoms with van der Waals surface area (Å²) in [4.78, 5) is 29.8. The van der Waals surface area contributed by atoms with Crippen molar-refractivity contribution in [2.75, 3.05) is 11.9 Å². The number of amides is 1. The summed E-state index contributed by atoms with van der Waals surface area (Å²) < 4.78 is 6.93. The summed E-state index contributed by atoms with van der Waals surface area (Å²) in [5.74, 6) is -0.175. The van der Waals surface area contributed by atoms with Crippen molar-refractivity contribution in [2.24, 2.45) is 0 Å². The van der Waals surface area contributed by atoms with Gasteiger partial charge < -0.3 is 19.7 Å². The molecule has 0 aliphatic rings. The third kappa shape index (κ3) is 4.25. The number of aromatic nitrogens is 2. The number of phenols is 1. The Labute approximate surface area is 178 Å². The fourth-order valence-electron chi connectivity index (χ4n) is 3.39. The monoisotopic (exact) mass is 415 g/mol. The maximum absolute atomic E-state index is 13.0. The van der Waals surface area contributed by atoms with Gasteiger partial charge in [0.2, 0.25) is 0 Å². The quantitative estimate of drug-likeness (QED) is 0.500. The van der Waals surface area contributed by atoms with Crippen LogP contribution in [0.2, 0.25) is 0 Å². The molecule has 0 radical (unpaired) electrons. The van der Waals surface area contributed by atoms with E-state index in [-0.39, 0.29) is 16.9 Å². The predicted octanol–water partition coefficient (Wildman–Crippen LogP) is 3.80. The van der Waals surface area contributed by atoms with Gasteiger partial charge >= 0.3 is 0 Å². The topological polar surface area (TPSA) is 93.5 Å². The zero-order chi connectivity index (χ0) is 21.8. The Morgan fingerprint density at radius 2 is 2.00 bits per heavy atom. The van der Waals surface area contributed by atoms with E-state index in [1.807, 2.05) is 19.1 Å². The Kier molecular flexibility index (Phi) is 5.66. The number of rotatable bonds is 6. The van der Waals surface area contributed by atoms with E-state index in [2.05, 4.69) is 10.3 Å². The summed E-state index contributed by atoms with van der Waals surface area (Å²) in [5, 5.41) is 14.1. The molecule has 156 valence electrons. The lowest BCUT2D eigenvalue weighted by molar-refractivity contribution is 0.102. The predicted molar refractivity (Wildman–Crippen MR) is 119 cm³/mol. The van der Waals surface area contributed by atoms with Gasteiger partial charge in [-0.25, -0.2) is 0 Å². The number of anilines is 1. The van der Waals surface area contributed by atoms with Gasteiger partial charge in [-0.15, -0.1) is 0 Å². The second-order valence-corrected chi connectivity index (χ2v) is 6.94. The molecule has 2 N–H and O–H groups in total. The number of aromatic hydroxyl groups is 1. The van der Waals surface area contributed by atoms with E-state index in [1.54, 1.807) is 53.5 Å². The Morgan fingerprint density at radius 1 is 1.13 bits per heavy atom. The minimum absolute atomic E-state index is 0.116. The number of pyridine rings is 2. The highest BCUT2D eigenvalue weighted by Crippen LogP contribution is 2.26. The molecule has 2 heterocycles. The van der Waals surface area contributed by atoms with Gasteiger partial charge in [-0.2, -0.15) is 0 Å². The summed E-state index contributed by atoms with van der Waals surface area (Å²) in [6, 6.07) is 15.2. The van der Waals surface area contributed by atoms with Crippen molar-refractivity contribution in [3.8, 4) is 11.5 Å². The molecule has 0 aliphatic heterocycles. The van der Waals surface area contributed by atoms with Crippen molar-refractivity contribution >= 4 is 22.4 Å². The van der Waals surface area contributed by atoms with E-state index in [0.717, 1.165) is 5.56 Å². The summed E-state index contributed by atoms with van der Waals surface area (Å²) in [6.45, 7) is 2.70. The van der Waals surface area contributed by atoms with E-state index in [0.29, 0.717) is 35.4 Å². The molecule has 0 saturated carbocycles. The van der Waals surface area contributed by atoms with E-state index in [1.165, 1.54) is 12.1 Å². The lowest BCUT2D eigenvalue weighted by Crippen LogP contribution is -2.21. The first-order chi connectivity index (χ1) is 15.1. The standard InChI is InChI=1S/C24H21N3O4/c1-2-31-17-8-9-20(22(28)13-17)23(29)26-21-7-3-6-19-18(21)10-12-27(24(19)30)15-16-5-4-11-25-14-16/h3-14,28H,2,15H2,1H3,(H,26,29). The number of carbonyl (C=O) groups excluding carboxylic acids is 1. The third-order valence-electron chi connectivity index (χ3n) is 4.87. The Hall–Kier alpha value is -4.13. The van der Waals surface area contributed by atoms with Crippen LogP contribution < -0.4 is 15.6 Å². The Balaban J connectivity index is 1.63. The number of ether oxygens (including phenoxy) is 1. The molecule has 0 aliphatic carbocycles. The fraction of sp³-hybridized carbons (Fsp3) is 0.125. The van der Waals surface area contributed by atoms with Crippen LogP contribution in [0.25, 0.3) is 10.8 Å². The van der Waals surface area contributed by atoms with Crippen LogP contribution >= 0.6 is 0 Å². The molecular formula is C24H21N3O4. The van der Waals surface area contributed by atoms with Gasteiger partial charge in [0.15, 0.2) is 0 Å². The van der Waals surface area contributed by atoms with E-state index in [9.17, 15) is 14.7 Å². The first-order valence-corrected chi connectivity index (χ1v) is 9.85. The number of hydrogen-bond acceptors (Lipinski definition) is 5. The second kappa shape index (κ2) is 8.71. The van der Waals surface area contributed by atoms with Crippen molar-refractivity contribution in [3.63, 3.8) is 0 Å². The normalized spacial score (nSPS) is 10.7. The minimum Gasteiger partial charge on any atom is -0.507 e. The molecule has 0 unspecified atom stereocenters. The Morgan fingerprint density at radius 3 is 2.74 bits per heavy atom. The number of nitrogens with zero attached hydrogens (tertiary/aromatic N) is 2. The molecule has 7 nitrogen and oxygen atoms in total. The van der Waals surface area contributed by atoms with Crippen molar-refractivity contribution in [1.82, 2.24) is 9.55 Å². The molecule has 1 amide bonds. The summed E-state index contributed by atoms with van der Waals surface area (Å²) in [7, 11) is 0. The zero-order valence-electron chi connectivity index (χ0n) is 16.9. The summed E-state index contributed by atoms with van der Waals surface area (Å²) in [6.07, 6.45) is 5.10. The van der Waals surface area contributed by atoms with Crippen LogP contribution in [0.15, 0.2) is 78.0 Å². The van der Waals surface area contributed by atoms with Gasteiger partial charge in [0.1, 0.15) is 11.5 Å². The van der Waals surface area contributed by atoms with Gasteiger partial charge in [-0.1, -0.05) is 12.1 Å². The molecule has 0 saturated heterocycles. The molecule has 7 heteroatoms. The molecule has 2 aromatic carbocycles. The van der Waals surface area contributed by atoms with E-state index in [4.69, 9.17) is 4.74 Å². The van der Waals surface area contributed by atoms with Crippen molar-refractivity contribution < 1.29 is 14.6 Å². The first-order valence-electron chi connectivity index (χ1n) is 9.85. The van der Waals surface area contributed by atoms with Gasteiger partial charge in [-0.3, -0.25) is 14.6 Å². The third-order valence-corrected chi connectivity index (χ3v) is 4.87. The molecule has 31 heavy (non-hydrogen) atoms. The van der Waals surface area contributed by atoms with Crippen molar-refractivity contribution in [3.05, 3.63) is 94.7 Å². The van der Waals surface area contributed by atoms with Gasteiger partial charge in [0, 0.05) is 41.1 Å². The zero-order valence-corrected chi connectivity index (χ0v) is 16.9. The average Bonchev–Trinajstić information content (AvgIpc) is 2.77. The van der Waals surface area contributed by atoms with E-state index >= 15 is 0 Å². The highest BCUT2D eigenvalue weighted by Gasteiger charge is 2.15. The van der Waals surface area contributed by atoms with Crippen molar-refractivity contribution in [2.45, 2.75) is 13.5 Å². The van der Waals surface area contributed by atoms with Crippen LogP contribution in [-0.2, 0) is 6.54 Å². The largest absolute Gasteiger partial charge is 0.507 e. The van der Waals surface area contributed by atoms with Crippen LogP contribution in [-0.4, -0.2) is 27.2 Å². The average molecular weight is 415 g/mol. The summed E-state index contributed by atoms with van der Waals surface area (Å²) in [5.41, 5.74) is 1.35. The smallest absolute Gasteiger partial charge is 0.259 e. The van der Waals surface area contributed by atoms with Gasteiger partial charge in [-0.05, 0) is 48.9 Å². The molecular weight excluding hydrogens is 394 g/mol. The molecule has 0 atom stereocenters. The number of fused-ring (bicyclic) bond motifs is 1. The van der Waals surface area contributed by atoms with Gasteiger partial charge in [0.25, 0.3) is 11.5 Å². The fourth-order valence-corrected chi connectivity index (χ4v) is 3.39. The number of benzene rings is 2.